The third-order valence-corrected chi connectivity index (χ3v) is 13.2. The largest absolute Gasteiger partial charge is 0.461 e. The topological polar surface area (TPSA) is 207 Å². The Labute approximate surface area is 342 Å². The number of ether oxygens (including phenoxy) is 4. The lowest BCUT2D eigenvalue weighted by Gasteiger charge is -2.67. The summed E-state index contributed by atoms with van der Waals surface area (Å²) in [5.41, 5.74) is -3.36. The molecule has 4 aliphatic rings. The van der Waals surface area contributed by atoms with Gasteiger partial charge < -0.3 is 39.4 Å². The molecule has 0 aromatic heterocycles. The van der Waals surface area contributed by atoms with Gasteiger partial charge in [0, 0.05) is 31.1 Å². The summed E-state index contributed by atoms with van der Waals surface area (Å²) in [5, 5.41) is 49.8. The summed E-state index contributed by atoms with van der Waals surface area (Å²) in [6, 6.07) is 24.7. The molecule has 2 saturated carbocycles. The highest BCUT2D eigenvalue weighted by molar-refractivity contribution is 5.94. The Morgan fingerprint density at radius 1 is 0.898 bits per heavy atom. The van der Waals surface area contributed by atoms with Crippen molar-refractivity contribution in [1.29, 1.82) is 0 Å². The molecule has 11 atom stereocenters. The zero-order valence-corrected chi connectivity index (χ0v) is 33.6. The van der Waals surface area contributed by atoms with E-state index in [9.17, 15) is 34.8 Å². The molecular weight excluding hydrogens is 762 g/mol. The first kappa shape index (κ1) is 42.3. The van der Waals surface area contributed by atoms with Crippen molar-refractivity contribution in [2.45, 2.75) is 108 Å². The van der Waals surface area contributed by atoms with Crippen LogP contribution in [0, 0.1) is 16.7 Å². The number of aliphatic hydroxyl groups is 4. The first-order chi connectivity index (χ1) is 27.9. The predicted octanol–water partition coefficient (Wildman–Crippen LogP) is 3.46. The van der Waals surface area contributed by atoms with Gasteiger partial charge in [-0.1, -0.05) is 92.7 Å². The first-order valence-corrected chi connectivity index (χ1v) is 19.7. The van der Waals surface area contributed by atoms with Gasteiger partial charge in [-0.3, -0.25) is 14.4 Å². The minimum atomic E-state index is -2.31. The van der Waals surface area contributed by atoms with Crippen molar-refractivity contribution in [3.63, 3.8) is 0 Å². The summed E-state index contributed by atoms with van der Waals surface area (Å²) in [4.78, 5) is 61.6. The summed E-state index contributed by atoms with van der Waals surface area (Å²) in [5.74, 6) is -5.15. The van der Waals surface area contributed by atoms with Crippen LogP contribution >= 0.6 is 0 Å². The van der Waals surface area contributed by atoms with Gasteiger partial charge >= 0.3 is 17.9 Å². The summed E-state index contributed by atoms with van der Waals surface area (Å²) < 4.78 is 23.9. The molecule has 3 aromatic carbocycles. The van der Waals surface area contributed by atoms with Gasteiger partial charge in [-0.05, 0) is 48.3 Å². The minimum Gasteiger partial charge on any atom is -0.461 e. The number of hydrogen-bond donors (Lipinski definition) is 5. The molecule has 2 bridgehead atoms. The third kappa shape index (κ3) is 7.20. The van der Waals surface area contributed by atoms with E-state index in [1.807, 2.05) is 30.3 Å². The van der Waals surface area contributed by atoms with Crippen molar-refractivity contribution in [2.75, 3.05) is 6.61 Å². The fraction of sp³-hybridized carbons (Fsp3) is 0.467. The van der Waals surface area contributed by atoms with Crippen LogP contribution in [-0.2, 0) is 44.8 Å². The Kier molecular flexibility index (Phi) is 11.5. The van der Waals surface area contributed by atoms with Crippen LogP contribution in [0.5, 0.6) is 0 Å². The number of carbonyl (C=O) groups is 4. The Morgan fingerprint density at radius 3 is 2.10 bits per heavy atom. The fourth-order valence-electron chi connectivity index (χ4n) is 9.84. The van der Waals surface area contributed by atoms with Crippen LogP contribution < -0.4 is 5.48 Å². The smallest absolute Gasteiger partial charge is 0.338 e. The molecule has 1 saturated heterocycles. The van der Waals surface area contributed by atoms with Gasteiger partial charge in [0.05, 0.1) is 36.3 Å². The highest BCUT2D eigenvalue weighted by atomic mass is 16.6. The fourth-order valence-corrected chi connectivity index (χ4v) is 9.84. The molecule has 0 spiro atoms. The van der Waals surface area contributed by atoms with Gasteiger partial charge in [0.15, 0.2) is 11.9 Å². The summed E-state index contributed by atoms with van der Waals surface area (Å²) >= 11 is 0. The van der Waals surface area contributed by atoms with Crippen LogP contribution in [-0.4, -0.2) is 98.6 Å². The number of benzene rings is 3. The van der Waals surface area contributed by atoms with Crippen molar-refractivity contribution < 1.29 is 63.4 Å². The molecule has 5 N–H and O–H groups in total. The van der Waals surface area contributed by atoms with Gasteiger partial charge in [0.25, 0.3) is 0 Å². The van der Waals surface area contributed by atoms with Crippen molar-refractivity contribution >= 4 is 23.7 Å². The van der Waals surface area contributed by atoms with E-state index in [1.54, 1.807) is 69.3 Å². The Hall–Kier alpha value is -4.80. The lowest BCUT2D eigenvalue weighted by atomic mass is 9.44. The normalized spacial score (nSPS) is 33.1. The van der Waals surface area contributed by atoms with Crippen LogP contribution in [0.4, 0.5) is 0 Å². The van der Waals surface area contributed by atoms with Crippen molar-refractivity contribution in [2.24, 2.45) is 16.7 Å². The van der Waals surface area contributed by atoms with E-state index < -0.39 is 101 Å². The lowest BCUT2D eigenvalue weighted by Crippen LogP contribution is -2.81. The second-order valence-corrected chi connectivity index (χ2v) is 16.8. The number of aliphatic hydroxyl groups excluding tert-OH is 2. The number of Topliss-reactive ketones (excluding diaryl/α,β-unsaturated/α-hetero) is 1. The second kappa shape index (κ2) is 16.0. The summed E-state index contributed by atoms with van der Waals surface area (Å²) in [6.45, 7) is 7.08. The Morgan fingerprint density at radius 2 is 1.51 bits per heavy atom. The van der Waals surface area contributed by atoms with Gasteiger partial charge in [-0.25, -0.2) is 9.59 Å². The zero-order chi connectivity index (χ0) is 42.5. The van der Waals surface area contributed by atoms with E-state index in [0.717, 1.165) is 12.5 Å². The molecule has 3 aromatic rings. The molecule has 0 radical (unpaired) electrons. The molecule has 1 heterocycles. The molecule has 0 unspecified atom stereocenters. The van der Waals surface area contributed by atoms with Crippen LogP contribution in [0.25, 0.3) is 0 Å². The highest BCUT2D eigenvalue weighted by Crippen LogP contribution is 2.63. The Balaban J connectivity index is 1.31. The van der Waals surface area contributed by atoms with E-state index >= 15 is 4.79 Å². The highest BCUT2D eigenvalue weighted by Gasteiger charge is 2.77. The Bertz CT molecular complexity index is 2090. The van der Waals surface area contributed by atoms with E-state index in [2.05, 4.69) is 5.48 Å². The maximum atomic E-state index is 15.1. The number of fused-ring (bicyclic) bond motifs is 5. The maximum Gasteiger partial charge on any atom is 0.338 e. The van der Waals surface area contributed by atoms with Crippen molar-refractivity contribution in [3.05, 3.63) is 119 Å². The van der Waals surface area contributed by atoms with Gasteiger partial charge in [-0.2, -0.15) is 5.48 Å². The number of nitrogens with one attached hydrogen (secondary N) is 1. The van der Waals surface area contributed by atoms with Crippen molar-refractivity contribution in [1.82, 2.24) is 5.48 Å². The van der Waals surface area contributed by atoms with Crippen LogP contribution in [0.3, 0.4) is 0 Å². The monoisotopic (exact) mass is 813 g/mol. The molecule has 3 fully saturated rings. The number of carbonyl (C=O) groups excluding carboxylic acids is 4. The number of esters is 3. The molecule has 3 aliphatic carbocycles. The predicted molar refractivity (Wildman–Crippen MR) is 209 cm³/mol. The molecule has 14 nitrogen and oxygen atoms in total. The number of ketones is 1. The molecule has 1 aliphatic heterocycles. The third-order valence-electron chi connectivity index (χ3n) is 13.2. The molecular formula is C45H51NO13. The molecule has 14 heteroatoms. The van der Waals surface area contributed by atoms with E-state index in [4.69, 9.17) is 23.8 Å². The lowest BCUT2D eigenvalue weighted by molar-refractivity contribution is -0.344. The average molecular weight is 814 g/mol. The van der Waals surface area contributed by atoms with Crippen LogP contribution in [0.2, 0.25) is 0 Å². The quantitative estimate of drug-likeness (QED) is 0.0814. The first-order valence-electron chi connectivity index (χ1n) is 19.7. The van der Waals surface area contributed by atoms with E-state index in [0.29, 0.717) is 5.56 Å². The SMILES string of the molecule is CC(=O)O[C@H]1C[C@H]2OC[C@@]2(O)[C@H]2[C@H](OC(=O)c3ccccc3)[C@]3(O)C[C@H](OC(=O)[C@H](O)[C@@H](NOCc4ccccc4)c4ccccc4)C(C)=C([C@@H](O)C(=O)[C@]12C)C3(C)C. The van der Waals surface area contributed by atoms with Crippen LogP contribution in [0.1, 0.15) is 75.0 Å². The summed E-state index contributed by atoms with van der Waals surface area (Å²) in [6.07, 6.45) is -9.89. The average Bonchev–Trinajstić information content (AvgIpc) is 3.21. The zero-order valence-electron chi connectivity index (χ0n) is 33.6. The molecule has 59 heavy (non-hydrogen) atoms. The molecule has 7 rings (SSSR count). The standard InChI is InChI=1S/C45H51NO13/c1-25-30(58-41(52)36(49)34(28-17-11-7-12-18-28)46-56-23-27-15-9-6-10-16-27)22-45(54)39(59-40(51)29-19-13-8-14-20-29)37-43(5,38(50)35(48)33(25)42(45,3)4)31(57-26(2)47)21-32-44(37,53)24-55-32/h6-20,30-32,34-37,39,46,48-49,53-54H,21-24H2,1-5H3/t30-,31-,32+,34-,35+,36+,37-,39-,43+,44-,45+/m0/s1. The number of hydrogen-bond acceptors (Lipinski definition) is 14. The van der Waals surface area contributed by atoms with Gasteiger partial charge in [0.1, 0.15) is 35.6 Å². The van der Waals surface area contributed by atoms with E-state index in [-0.39, 0.29) is 36.3 Å². The second-order valence-electron chi connectivity index (χ2n) is 16.8. The van der Waals surface area contributed by atoms with Gasteiger partial charge in [0.2, 0.25) is 0 Å². The number of rotatable bonds is 11. The van der Waals surface area contributed by atoms with Crippen LogP contribution in [0.15, 0.2) is 102 Å². The minimum absolute atomic E-state index is 0.0200. The maximum absolute atomic E-state index is 15.1. The number of hydroxylamine groups is 1. The molecule has 0 amide bonds. The molecule has 314 valence electrons. The van der Waals surface area contributed by atoms with Crippen molar-refractivity contribution in [3.8, 4) is 0 Å². The summed E-state index contributed by atoms with van der Waals surface area (Å²) in [7, 11) is 0. The van der Waals surface area contributed by atoms with E-state index in [1.165, 1.54) is 19.1 Å². The van der Waals surface area contributed by atoms with Gasteiger partial charge in [-0.15, -0.1) is 0 Å².